The highest BCUT2D eigenvalue weighted by molar-refractivity contribution is 5.31. The molecule has 0 aromatic heterocycles. The lowest BCUT2D eigenvalue weighted by Gasteiger charge is -2.29. The number of hydrogen-bond donors (Lipinski definition) is 3. The monoisotopic (exact) mass is 237 g/mol. The van der Waals surface area contributed by atoms with Gasteiger partial charge in [0.2, 0.25) is 0 Å². The van der Waals surface area contributed by atoms with Crippen LogP contribution >= 0.6 is 0 Å². The molecule has 17 heavy (non-hydrogen) atoms. The van der Waals surface area contributed by atoms with Crippen LogP contribution in [0, 0.1) is 5.41 Å². The molecule has 0 fully saturated rings. The lowest BCUT2D eigenvalue weighted by Crippen LogP contribution is -2.36. The predicted octanol–water partition coefficient (Wildman–Crippen LogP) is 2.28. The van der Waals surface area contributed by atoms with Crippen LogP contribution in [-0.2, 0) is 6.54 Å². The summed E-state index contributed by atoms with van der Waals surface area (Å²) in [4.78, 5) is 0. The van der Waals surface area contributed by atoms with Gasteiger partial charge >= 0.3 is 0 Å². The predicted molar refractivity (Wildman–Crippen MR) is 69.9 cm³/mol. The summed E-state index contributed by atoms with van der Waals surface area (Å²) in [6.45, 7) is 5.80. The van der Waals surface area contributed by atoms with Gasteiger partial charge in [-0.15, -0.1) is 0 Å². The van der Waals surface area contributed by atoms with Gasteiger partial charge in [-0.3, -0.25) is 0 Å². The largest absolute Gasteiger partial charge is 0.508 e. The summed E-state index contributed by atoms with van der Waals surface area (Å²) in [5.41, 5.74) is 0.858. The van der Waals surface area contributed by atoms with E-state index in [9.17, 15) is 10.2 Å². The van der Waals surface area contributed by atoms with Crippen LogP contribution in [0.15, 0.2) is 24.3 Å². The summed E-state index contributed by atoms with van der Waals surface area (Å²) in [6.07, 6.45) is 1.90. The van der Waals surface area contributed by atoms with Crippen molar-refractivity contribution in [2.45, 2.75) is 33.2 Å². The maximum atomic E-state index is 9.62. The molecule has 96 valence electrons. The molecule has 1 aromatic carbocycles. The molecule has 0 radical (unpaired) electrons. The van der Waals surface area contributed by atoms with Crippen LogP contribution in [-0.4, -0.2) is 23.4 Å². The molecular formula is C14H23NO2. The minimum Gasteiger partial charge on any atom is -0.508 e. The summed E-state index contributed by atoms with van der Waals surface area (Å²) in [5.74, 6) is 0.322. The quantitative estimate of drug-likeness (QED) is 0.682. The Balaban J connectivity index is 2.49. The van der Waals surface area contributed by atoms with E-state index in [0.717, 1.165) is 24.9 Å². The molecule has 0 amide bonds. The van der Waals surface area contributed by atoms with Gasteiger partial charge in [-0.05, 0) is 18.9 Å². The van der Waals surface area contributed by atoms with Crippen LogP contribution in [0.3, 0.4) is 0 Å². The summed E-state index contributed by atoms with van der Waals surface area (Å²) >= 11 is 0. The third-order valence-electron chi connectivity index (χ3n) is 3.64. The first kappa shape index (κ1) is 14.0. The van der Waals surface area contributed by atoms with Crippen LogP contribution in [0.1, 0.15) is 32.3 Å². The number of rotatable bonds is 7. The number of nitrogens with one attached hydrogen (secondary N) is 1. The molecule has 0 aliphatic rings. The molecule has 0 aliphatic carbocycles. The van der Waals surface area contributed by atoms with Crippen LogP contribution in [0.2, 0.25) is 0 Å². The SMILES string of the molecule is CCC(CC)(CO)CNCc1ccccc1O. The minimum absolute atomic E-state index is 0.0373. The molecule has 1 aromatic rings. The third kappa shape index (κ3) is 3.72. The maximum absolute atomic E-state index is 9.62. The first-order valence-electron chi connectivity index (χ1n) is 6.26. The highest BCUT2D eigenvalue weighted by Crippen LogP contribution is 2.24. The molecule has 3 nitrogen and oxygen atoms in total. The van der Waals surface area contributed by atoms with E-state index in [0.29, 0.717) is 12.3 Å². The molecule has 0 saturated carbocycles. The Kier molecular flexibility index (Phi) is 5.45. The topological polar surface area (TPSA) is 52.5 Å². The van der Waals surface area contributed by atoms with Gasteiger partial charge in [0.05, 0.1) is 0 Å². The Bertz CT molecular complexity index is 326. The third-order valence-corrected chi connectivity index (χ3v) is 3.64. The van der Waals surface area contributed by atoms with Crippen LogP contribution in [0.5, 0.6) is 5.75 Å². The van der Waals surface area contributed by atoms with Crippen molar-refractivity contribution >= 4 is 0 Å². The van der Waals surface area contributed by atoms with E-state index in [2.05, 4.69) is 19.2 Å². The first-order chi connectivity index (χ1) is 8.17. The van der Waals surface area contributed by atoms with Gasteiger partial charge in [0, 0.05) is 30.7 Å². The highest BCUT2D eigenvalue weighted by atomic mass is 16.3. The zero-order valence-corrected chi connectivity index (χ0v) is 10.7. The van der Waals surface area contributed by atoms with Gasteiger partial charge in [0.1, 0.15) is 5.75 Å². The molecular weight excluding hydrogens is 214 g/mol. The summed E-state index contributed by atoms with van der Waals surface area (Å²) in [5, 5.41) is 22.4. The second-order valence-corrected chi connectivity index (χ2v) is 4.60. The molecule has 0 bridgehead atoms. The van der Waals surface area contributed by atoms with E-state index < -0.39 is 0 Å². The fourth-order valence-electron chi connectivity index (χ4n) is 1.90. The fraction of sp³-hybridized carbons (Fsp3) is 0.571. The number of aromatic hydroxyl groups is 1. The molecule has 3 heteroatoms. The first-order valence-corrected chi connectivity index (χ1v) is 6.26. The highest BCUT2D eigenvalue weighted by Gasteiger charge is 2.24. The standard InChI is InChI=1S/C14H23NO2/c1-3-14(4-2,11-16)10-15-9-12-7-5-6-8-13(12)17/h5-8,15-17H,3-4,9-11H2,1-2H3. The molecule has 1 rings (SSSR count). The smallest absolute Gasteiger partial charge is 0.120 e. The van der Waals surface area contributed by atoms with E-state index in [1.165, 1.54) is 0 Å². The van der Waals surface area contributed by atoms with Crippen LogP contribution < -0.4 is 5.32 Å². The van der Waals surface area contributed by atoms with Crippen molar-refractivity contribution in [1.82, 2.24) is 5.32 Å². The van der Waals surface area contributed by atoms with E-state index in [-0.39, 0.29) is 12.0 Å². The van der Waals surface area contributed by atoms with Crippen molar-refractivity contribution in [3.05, 3.63) is 29.8 Å². The van der Waals surface area contributed by atoms with E-state index in [1.807, 2.05) is 18.2 Å². The number of para-hydroxylation sites is 1. The number of phenolic OH excluding ortho intramolecular Hbond substituents is 1. The Morgan fingerprint density at radius 2 is 1.82 bits per heavy atom. The average molecular weight is 237 g/mol. The van der Waals surface area contributed by atoms with Crippen molar-refractivity contribution in [2.24, 2.45) is 5.41 Å². The number of aliphatic hydroxyl groups excluding tert-OH is 1. The van der Waals surface area contributed by atoms with Crippen molar-refractivity contribution in [1.29, 1.82) is 0 Å². The van der Waals surface area contributed by atoms with Gasteiger partial charge in [0.15, 0.2) is 0 Å². The van der Waals surface area contributed by atoms with Gasteiger partial charge in [0.25, 0.3) is 0 Å². The zero-order valence-electron chi connectivity index (χ0n) is 10.7. The van der Waals surface area contributed by atoms with Crippen LogP contribution in [0.25, 0.3) is 0 Å². The Labute approximate surface area is 103 Å². The number of hydrogen-bond acceptors (Lipinski definition) is 3. The fourth-order valence-corrected chi connectivity index (χ4v) is 1.90. The number of benzene rings is 1. The molecule has 0 heterocycles. The molecule has 0 unspecified atom stereocenters. The number of phenols is 1. The second kappa shape index (κ2) is 6.62. The van der Waals surface area contributed by atoms with Crippen molar-refractivity contribution < 1.29 is 10.2 Å². The molecule has 0 spiro atoms. The van der Waals surface area contributed by atoms with Gasteiger partial charge in [-0.2, -0.15) is 0 Å². The molecule has 0 aliphatic heterocycles. The lowest BCUT2D eigenvalue weighted by atomic mass is 9.83. The summed E-state index contributed by atoms with van der Waals surface area (Å²) < 4.78 is 0. The summed E-state index contributed by atoms with van der Waals surface area (Å²) in [6, 6.07) is 7.32. The van der Waals surface area contributed by atoms with E-state index in [1.54, 1.807) is 6.07 Å². The zero-order chi connectivity index (χ0) is 12.7. The van der Waals surface area contributed by atoms with Crippen molar-refractivity contribution in [3.63, 3.8) is 0 Å². The maximum Gasteiger partial charge on any atom is 0.120 e. The molecule has 3 N–H and O–H groups in total. The number of aliphatic hydroxyl groups is 1. The van der Waals surface area contributed by atoms with Gasteiger partial charge in [-0.25, -0.2) is 0 Å². The van der Waals surface area contributed by atoms with E-state index >= 15 is 0 Å². The second-order valence-electron chi connectivity index (χ2n) is 4.60. The lowest BCUT2D eigenvalue weighted by molar-refractivity contribution is 0.113. The Morgan fingerprint density at radius 1 is 1.18 bits per heavy atom. The normalized spacial score (nSPS) is 11.7. The van der Waals surface area contributed by atoms with Crippen LogP contribution in [0.4, 0.5) is 0 Å². The van der Waals surface area contributed by atoms with Crippen molar-refractivity contribution in [3.8, 4) is 5.75 Å². The van der Waals surface area contributed by atoms with E-state index in [4.69, 9.17) is 0 Å². The van der Waals surface area contributed by atoms with Gasteiger partial charge in [-0.1, -0.05) is 32.0 Å². The molecule has 0 saturated heterocycles. The van der Waals surface area contributed by atoms with Gasteiger partial charge < -0.3 is 15.5 Å². The van der Waals surface area contributed by atoms with Crippen molar-refractivity contribution in [2.75, 3.05) is 13.2 Å². The summed E-state index contributed by atoms with van der Waals surface area (Å²) in [7, 11) is 0. The Hall–Kier alpha value is -1.06. The average Bonchev–Trinajstić information content (AvgIpc) is 2.37. The molecule has 0 atom stereocenters. The Morgan fingerprint density at radius 3 is 2.35 bits per heavy atom. The minimum atomic E-state index is -0.0373.